The standard InChI is InChI=1S/C4H10Cl2S/c1-4(2)7(3,5)6/h4H,1-3H3. The normalized spacial score (nSPS) is 15.1. The zero-order valence-electron chi connectivity index (χ0n) is 4.74. The number of hydrogen-bond acceptors (Lipinski definition) is 0. The Morgan fingerprint density at radius 1 is 1.29 bits per heavy atom. The van der Waals surface area contributed by atoms with E-state index in [1.165, 1.54) is 0 Å². The number of hydrogen-bond donors (Lipinski definition) is 0. The van der Waals surface area contributed by atoms with Gasteiger partial charge >= 0.3 is 0 Å². The van der Waals surface area contributed by atoms with Gasteiger partial charge in [-0.25, -0.2) is 0 Å². The third-order valence-electron chi connectivity index (χ3n) is 0.828. The Kier molecular flexibility index (Phi) is 2.80. The lowest BCUT2D eigenvalue weighted by Crippen LogP contribution is -1.95. The van der Waals surface area contributed by atoms with Crippen LogP contribution in [0.4, 0.5) is 0 Å². The molecular formula is C4H10Cl2S. The molecule has 0 aliphatic carbocycles. The minimum absolute atomic E-state index is 0.413. The molecule has 0 rings (SSSR count). The summed E-state index contributed by atoms with van der Waals surface area (Å²) in [6.45, 7) is 4.05. The summed E-state index contributed by atoms with van der Waals surface area (Å²) in [5, 5.41) is 0.413. The van der Waals surface area contributed by atoms with Crippen LogP contribution in [-0.2, 0) is 0 Å². The third-order valence-corrected chi connectivity index (χ3v) is 4.62. The largest absolute Gasteiger partial charge is 0.0849 e. The molecule has 0 N–H and O–H groups in total. The lowest BCUT2D eigenvalue weighted by atomic mass is 10.6. The van der Waals surface area contributed by atoms with Crippen LogP contribution >= 0.6 is 29.8 Å². The van der Waals surface area contributed by atoms with E-state index in [1.54, 1.807) is 0 Å². The summed E-state index contributed by atoms with van der Waals surface area (Å²) in [4.78, 5) is 0. The van der Waals surface area contributed by atoms with Crippen molar-refractivity contribution in [2.24, 2.45) is 0 Å². The molecule has 7 heavy (non-hydrogen) atoms. The smallest absolute Gasteiger partial charge is 0.00849 e. The van der Waals surface area contributed by atoms with Crippen LogP contribution in [0.5, 0.6) is 0 Å². The van der Waals surface area contributed by atoms with Crippen LogP contribution < -0.4 is 0 Å². The van der Waals surface area contributed by atoms with Crippen LogP contribution in [0.25, 0.3) is 0 Å². The lowest BCUT2D eigenvalue weighted by Gasteiger charge is -2.22. The van der Waals surface area contributed by atoms with Gasteiger partial charge in [0.05, 0.1) is 0 Å². The van der Waals surface area contributed by atoms with E-state index in [-0.39, 0.29) is 0 Å². The van der Waals surface area contributed by atoms with Crippen LogP contribution in [0.2, 0.25) is 0 Å². The first-order valence-corrected chi connectivity index (χ1v) is 5.86. The molecular weight excluding hydrogens is 151 g/mol. The Morgan fingerprint density at radius 2 is 1.43 bits per heavy atom. The van der Waals surface area contributed by atoms with Crippen LogP contribution in [0.15, 0.2) is 0 Å². The van der Waals surface area contributed by atoms with Gasteiger partial charge in [-0.1, -0.05) is 43.7 Å². The van der Waals surface area contributed by atoms with Gasteiger partial charge in [0.2, 0.25) is 0 Å². The molecule has 0 saturated carbocycles. The molecule has 0 amide bonds. The summed E-state index contributed by atoms with van der Waals surface area (Å²) in [6.07, 6.45) is 1.88. The minimum Gasteiger partial charge on any atom is -0.0849 e. The molecule has 0 spiro atoms. The second-order valence-corrected chi connectivity index (χ2v) is 8.65. The van der Waals surface area contributed by atoms with Gasteiger partial charge in [0.15, 0.2) is 0 Å². The Hall–Kier alpha value is 0.930. The molecule has 0 heterocycles. The second-order valence-electron chi connectivity index (χ2n) is 1.83. The summed E-state index contributed by atoms with van der Waals surface area (Å²) in [5.74, 6) is 0. The van der Waals surface area contributed by atoms with Gasteiger partial charge in [0, 0.05) is 5.25 Å². The first-order chi connectivity index (χ1) is 2.94. The highest BCUT2D eigenvalue weighted by atomic mass is 36.0. The molecule has 0 aromatic heterocycles. The molecule has 0 unspecified atom stereocenters. The van der Waals surface area contributed by atoms with Crippen molar-refractivity contribution >= 4 is 29.8 Å². The molecule has 0 atom stereocenters. The van der Waals surface area contributed by atoms with Crippen molar-refractivity contribution in [2.75, 3.05) is 6.26 Å². The minimum atomic E-state index is -1.30. The molecule has 0 saturated heterocycles. The predicted octanol–water partition coefficient (Wildman–Crippen LogP) is 3.14. The monoisotopic (exact) mass is 160 g/mol. The summed E-state index contributed by atoms with van der Waals surface area (Å²) in [6, 6.07) is 0. The van der Waals surface area contributed by atoms with Gasteiger partial charge in [-0.2, -0.15) is 0 Å². The summed E-state index contributed by atoms with van der Waals surface area (Å²) in [5.41, 5.74) is 0. The quantitative estimate of drug-likeness (QED) is 0.554. The molecule has 0 nitrogen and oxygen atoms in total. The van der Waals surface area contributed by atoms with Crippen LogP contribution in [-0.4, -0.2) is 11.5 Å². The van der Waals surface area contributed by atoms with E-state index in [0.717, 1.165) is 0 Å². The van der Waals surface area contributed by atoms with E-state index in [9.17, 15) is 0 Å². The SMILES string of the molecule is CC(C)S(C)(Cl)Cl. The fourth-order valence-corrected chi connectivity index (χ4v) is 0. The molecule has 0 aromatic rings. The molecule has 0 fully saturated rings. The average Bonchev–Trinajstić information content (AvgIpc) is 1.31. The molecule has 0 bridgehead atoms. The highest BCUT2D eigenvalue weighted by Gasteiger charge is 2.13. The van der Waals surface area contributed by atoms with Crippen molar-refractivity contribution in [3.8, 4) is 0 Å². The van der Waals surface area contributed by atoms with Gasteiger partial charge in [0.25, 0.3) is 0 Å². The van der Waals surface area contributed by atoms with E-state index in [0.29, 0.717) is 5.25 Å². The summed E-state index contributed by atoms with van der Waals surface area (Å²) >= 11 is 0. The van der Waals surface area contributed by atoms with Crippen molar-refractivity contribution in [1.82, 2.24) is 0 Å². The Morgan fingerprint density at radius 3 is 1.43 bits per heavy atom. The summed E-state index contributed by atoms with van der Waals surface area (Å²) in [7, 11) is 10.1. The van der Waals surface area contributed by atoms with Gasteiger partial charge in [0.1, 0.15) is 0 Å². The number of rotatable bonds is 1. The molecule has 3 heteroatoms. The zero-order valence-corrected chi connectivity index (χ0v) is 7.07. The maximum Gasteiger partial charge on any atom is 0.00849 e. The first-order valence-electron chi connectivity index (χ1n) is 2.11. The van der Waals surface area contributed by atoms with Crippen molar-refractivity contribution < 1.29 is 0 Å². The Bertz CT molecular complexity index is 55.2. The third kappa shape index (κ3) is 3.51. The predicted molar refractivity (Wildman–Crippen MR) is 40.4 cm³/mol. The maximum atomic E-state index is 5.72. The van der Waals surface area contributed by atoms with Crippen molar-refractivity contribution in [1.29, 1.82) is 0 Å². The van der Waals surface area contributed by atoms with Crippen molar-refractivity contribution in [3.05, 3.63) is 0 Å². The van der Waals surface area contributed by atoms with E-state index in [4.69, 9.17) is 21.4 Å². The lowest BCUT2D eigenvalue weighted by molar-refractivity contribution is 1.11. The average molecular weight is 161 g/mol. The first kappa shape index (κ1) is 7.93. The second kappa shape index (κ2) is 2.47. The fraction of sp³-hybridized carbons (Fsp3) is 1.00. The van der Waals surface area contributed by atoms with Crippen LogP contribution in [0.3, 0.4) is 0 Å². The highest BCUT2D eigenvalue weighted by Crippen LogP contribution is 2.58. The summed E-state index contributed by atoms with van der Waals surface area (Å²) < 4.78 is 0. The topological polar surface area (TPSA) is 0 Å². The van der Waals surface area contributed by atoms with Crippen molar-refractivity contribution in [3.63, 3.8) is 0 Å². The van der Waals surface area contributed by atoms with Crippen molar-refractivity contribution in [2.45, 2.75) is 19.1 Å². The van der Waals surface area contributed by atoms with Gasteiger partial charge in [-0.3, -0.25) is 0 Å². The van der Waals surface area contributed by atoms with Gasteiger partial charge < -0.3 is 0 Å². The van der Waals surface area contributed by atoms with Gasteiger partial charge in [-0.15, -0.1) is 0 Å². The van der Waals surface area contributed by atoms with Crippen LogP contribution in [0, 0.1) is 0 Å². The zero-order chi connectivity index (χ0) is 6.08. The molecule has 0 aromatic carbocycles. The molecule has 0 radical (unpaired) electrons. The Labute approximate surface area is 55.5 Å². The van der Waals surface area contributed by atoms with Crippen LogP contribution in [0.1, 0.15) is 13.8 Å². The molecule has 0 aliphatic rings. The highest BCUT2D eigenvalue weighted by molar-refractivity contribution is 8.65. The van der Waals surface area contributed by atoms with E-state index >= 15 is 0 Å². The number of halogens is 2. The van der Waals surface area contributed by atoms with E-state index < -0.39 is 8.46 Å². The molecule has 46 valence electrons. The maximum absolute atomic E-state index is 5.72. The fourth-order valence-electron chi connectivity index (χ4n) is 0. The Balaban J connectivity index is 3.54. The van der Waals surface area contributed by atoms with E-state index in [1.807, 2.05) is 20.1 Å². The van der Waals surface area contributed by atoms with Gasteiger partial charge in [-0.05, 0) is 6.26 Å². The van der Waals surface area contributed by atoms with E-state index in [2.05, 4.69) is 0 Å². The molecule has 0 aliphatic heterocycles.